The maximum atomic E-state index is 13.2. The minimum absolute atomic E-state index is 0.0361. The van der Waals surface area contributed by atoms with Crippen molar-refractivity contribution in [3.05, 3.63) is 63.0 Å². The SMILES string of the molecule is Cn1c(N2CCC3(CC2)Cc2ccccc2C3N)nc(N)c(Sc2ccnc(N)c2Cl)c1=O. The van der Waals surface area contributed by atoms with E-state index in [4.69, 9.17) is 28.8 Å². The second-order valence-electron chi connectivity index (χ2n) is 8.80. The summed E-state index contributed by atoms with van der Waals surface area (Å²) < 4.78 is 1.55. The molecule has 1 unspecified atom stereocenters. The number of nitrogens with zero attached hydrogens (tertiary/aromatic N) is 4. The molecule has 8 nitrogen and oxygen atoms in total. The van der Waals surface area contributed by atoms with Crippen molar-refractivity contribution in [3.63, 3.8) is 0 Å². The van der Waals surface area contributed by atoms with E-state index in [2.05, 4.69) is 39.1 Å². The van der Waals surface area contributed by atoms with Crippen molar-refractivity contribution in [3.8, 4) is 0 Å². The molecule has 10 heteroatoms. The quantitative estimate of drug-likeness (QED) is 0.518. The molecular weight excluding hydrogens is 458 g/mol. The van der Waals surface area contributed by atoms with Gasteiger partial charge in [-0.1, -0.05) is 47.6 Å². The number of hydrogen-bond acceptors (Lipinski definition) is 8. The summed E-state index contributed by atoms with van der Waals surface area (Å²) in [6, 6.07) is 10.2. The van der Waals surface area contributed by atoms with Crippen molar-refractivity contribution in [2.24, 2.45) is 18.2 Å². The molecule has 1 atom stereocenters. The molecule has 3 heterocycles. The lowest BCUT2D eigenvalue weighted by atomic mass is 9.73. The number of rotatable bonds is 3. The Balaban J connectivity index is 1.38. The lowest BCUT2D eigenvalue weighted by molar-refractivity contribution is 0.186. The molecule has 6 N–H and O–H groups in total. The van der Waals surface area contributed by atoms with Gasteiger partial charge in [-0.2, -0.15) is 4.98 Å². The predicted molar refractivity (Wildman–Crippen MR) is 133 cm³/mol. The van der Waals surface area contributed by atoms with Gasteiger partial charge in [0.15, 0.2) is 0 Å². The highest BCUT2D eigenvalue weighted by Crippen LogP contribution is 2.51. The third-order valence-corrected chi connectivity index (χ3v) is 8.64. The van der Waals surface area contributed by atoms with E-state index in [-0.39, 0.29) is 28.7 Å². The number of hydrogen-bond donors (Lipinski definition) is 3. The molecule has 0 amide bonds. The van der Waals surface area contributed by atoms with Crippen LogP contribution in [-0.2, 0) is 13.5 Å². The first-order valence-corrected chi connectivity index (χ1v) is 12.0. The molecule has 1 fully saturated rings. The van der Waals surface area contributed by atoms with Crippen LogP contribution >= 0.6 is 23.4 Å². The summed E-state index contributed by atoms with van der Waals surface area (Å²) in [4.78, 5) is 24.8. The number of aromatic nitrogens is 3. The first kappa shape index (κ1) is 22.1. The van der Waals surface area contributed by atoms with Crippen molar-refractivity contribution in [1.29, 1.82) is 0 Å². The van der Waals surface area contributed by atoms with Crippen LogP contribution in [0.4, 0.5) is 17.6 Å². The van der Waals surface area contributed by atoms with Crippen molar-refractivity contribution in [1.82, 2.24) is 14.5 Å². The van der Waals surface area contributed by atoms with Gasteiger partial charge in [0.1, 0.15) is 16.5 Å². The second-order valence-corrected chi connectivity index (χ2v) is 10.2. The Morgan fingerprint density at radius 1 is 1.15 bits per heavy atom. The summed E-state index contributed by atoms with van der Waals surface area (Å²) >= 11 is 7.40. The van der Waals surface area contributed by atoms with Gasteiger partial charge >= 0.3 is 0 Å². The van der Waals surface area contributed by atoms with Crippen LogP contribution in [0.3, 0.4) is 0 Å². The Bertz CT molecular complexity index is 1290. The fourth-order valence-corrected chi connectivity index (χ4v) is 6.20. The van der Waals surface area contributed by atoms with E-state index >= 15 is 0 Å². The molecule has 0 bridgehead atoms. The highest BCUT2D eigenvalue weighted by Gasteiger charge is 2.46. The number of piperidine rings is 1. The summed E-state index contributed by atoms with van der Waals surface area (Å²) in [7, 11) is 1.72. The van der Waals surface area contributed by atoms with Gasteiger partial charge in [0, 0.05) is 37.3 Å². The molecule has 0 radical (unpaired) electrons. The lowest BCUT2D eigenvalue weighted by Gasteiger charge is -2.42. The molecule has 2 aromatic heterocycles. The first-order chi connectivity index (χ1) is 15.8. The van der Waals surface area contributed by atoms with E-state index in [9.17, 15) is 4.79 Å². The zero-order valence-electron chi connectivity index (χ0n) is 18.3. The van der Waals surface area contributed by atoms with Gasteiger partial charge in [0.05, 0.1) is 5.02 Å². The topological polar surface area (TPSA) is 129 Å². The van der Waals surface area contributed by atoms with Gasteiger partial charge in [-0.3, -0.25) is 9.36 Å². The van der Waals surface area contributed by atoms with Crippen LogP contribution in [-0.4, -0.2) is 27.6 Å². The van der Waals surface area contributed by atoms with Crippen LogP contribution in [0.5, 0.6) is 0 Å². The average molecular weight is 484 g/mol. The molecule has 2 aliphatic rings. The minimum atomic E-state index is -0.223. The number of pyridine rings is 1. The van der Waals surface area contributed by atoms with Gasteiger partial charge in [-0.05, 0) is 41.9 Å². The van der Waals surface area contributed by atoms with Gasteiger partial charge in [-0.25, -0.2) is 4.98 Å². The maximum Gasteiger partial charge on any atom is 0.270 e. The van der Waals surface area contributed by atoms with Crippen LogP contribution in [0.1, 0.15) is 30.0 Å². The molecule has 1 aromatic carbocycles. The van der Waals surface area contributed by atoms with E-state index in [1.165, 1.54) is 11.1 Å². The Labute approximate surface area is 201 Å². The fraction of sp³-hybridized carbons (Fsp3) is 0.348. The number of anilines is 3. The van der Waals surface area contributed by atoms with Gasteiger partial charge < -0.3 is 22.1 Å². The zero-order valence-corrected chi connectivity index (χ0v) is 19.9. The Morgan fingerprint density at radius 2 is 1.88 bits per heavy atom. The summed E-state index contributed by atoms with van der Waals surface area (Å²) in [5, 5.41) is 0.295. The zero-order chi connectivity index (χ0) is 23.3. The Hall–Kier alpha value is -2.75. The fourth-order valence-electron chi connectivity index (χ4n) is 5.05. The number of fused-ring (bicyclic) bond motifs is 1. The number of benzene rings is 1. The molecular formula is C23H26ClN7OS. The summed E-state index contributed by atoms with van der Waals surface area (Å²) in [5.41, 5.74) is 21.2. The van der Waals surface area contributed by atoms with E-state index < -0.39 is 0 Å². The van der Waals surface area contributed by atoms with Crippen LogP contribution in [0, 0.1) is 5.41 Å². The lowest BCUT2D eigenvalue weighted by Crippen LogP contribution is -2.46. The third kappa shape index (κ3) is 3.64. The van der Waals surface area contributed by atoms with Crippen LogP contribution in [0.2, 0.25) is 5.02 Å². The van der Waals surface area contributed by atoms with Gasteiger partial charge in [-0.15, -0.1) is 0 Å². The standard InChI is InChI=1S/C23H26ClN7OS/c1-30-21(32)17(33-15-6-9-28-19(26)16(15)24)20(27)29-22(30)31-10-7-23(8-11-31)12-13-4-2-3-5-14(13)18(23)25/h2-6,9,18H,7-8,10-12,25,27H2,1H3,(H2,26,28). The van der Waals surface area contributed by atoms with Crippen molar-refractivity contribution >= 4 is 40.9 Å². The predicted octanol–water partition coefficient (Wildman–Crippen LogP) is 2.99. The van der Waals surface area contributed by atoms with Crippen molar-refractivity contribution < 1.29 is 0 Å². The third-order valence-electron chi connectivity index (χ3n) is 6.98. The first-order valence-electron chi connectivity index (χ1n) is 10.8. The monoisotopic (exact) mass is 483 g/mol. The molecule has 1 saturated heterocycles. The summed E-state index contributed by atoms with van der Waals surface area (Å²) in [5.74, 6) is 0.951. The largest absolute Gasteiger partial charge is 0.382 e. The highest BCUT2D eigenvalue weighted by molar-refractivity contribution is 7.99. The van der Waals surface area contributed by atoms with E-state index in [0.29, 0.717) is 20.8 Å². The number of halogens is 1. The van der Waals surface area contributed by atoms with E-state index in [1.54, 1.807) is 23.9 Å². The van der Waals surface area contributed by atoms with Crippen LogP contribution in [0.15, 0.2) is 51.1 Å². The Kier molecular flexibility index (Phi) is 5.50. The van der Waals surface area contributed by atoms with Gasteiger partial charge in [0.25, 0.3) is 5.56 Å². The van der Waals surface area contributed by atoms with Gasteiger partial charge in [0.2, 0.25) is 5.95 Å². The van der Waals surface area contributed by atoms with E-state index in [0.717, 1.165) is 44.1 Å². The molecule has 1 aliphatic carbocycles. The molecule has 3 aromatic rings. The van der Waals surface area contributed by atoms with Crippen LogP contribution in [0.25, 0.3) is 0 Å². The number of nitrogens with two attached hydrogens (primary N) is 3. The molecule has 1 aliphatic heterocycles. The second kappa shape index (κ2) is 8.23. The molecule has 0 saturated carbocycles. The Morgan fingerprint density at radius 3 is 2.61 bits per heavy atom. The number of nitrogen functional groups attached to an aromatic ring is 2. The summed E-state index contributed by atoms with van der Waals surface area (Å²) in [6.07, 6.45) is 4.40. The van der Waals surface area contributed by atoms with E-state index in [1.807, 2.05) is 0 Å². The normalized spacial score (nSPS) is 19.1. The van der Waals surface area contributed by atoms with Crippen LogP contribution < -0.4 is 27.7 Å². The molecule has 5 rings (SSSR count). The van der Waals surface area contributed by atoms with Crippen molar-refractivity contribution in [2.45, 2.75) is 35.1 Å². The maximum absolute atomic E-state index is 13.2. The highest BCUT2D eigenvalue weighted by atomic mass is 35.5. The minimum Gasteiger partial charge on any atom is -0.382 e. The molecule has 1 spiro atoms. The summed E-state index contributed by atoms with van der Waals surface area (Å²) in [6.45, 7) is 1.53. The molecule has 172 valence electrons. The average Bonchev–Trinajstić information content (AvgIpc) is 3.08. The smallest absolute Gasteiger partial charge is 0.270 e. The van der Waals surface area contributed by atoms with Crippen molar-refractivity contribution in [2.75, 3.05) is 29.5 Å². The molecule has 33 heavy (non-hydrogen) atoms.